The van der Waals surface area contributed by atoms with Crippen molar-refractivity contribution in [2.24, 2.45) is 0 Å². The third kappa shape index (κ3) is 5.14. The molecule has 0 aliphatic rings. The average Bonchev–Trinajstić information content (AvgIpc) is 2.92. The molecule has 0 unspecified atom stereocenters. The molecule has 1 heterocycles. The summed E-state index contributed by atoms with van der Waals surface area (Å²) >= 11 is 0. The van der Waals surface area contributed by atoms with Crippen LogP contribution in [-0.4, -0.2) is 18.0 Å². The van der Waals surface area contributed by atoms with Gasteiger partial charge >= 0.3 is 0 Å². The summed E-state index contributed by atoms with van der Waals surface area (Å²) in [6.07, 6.45) is 0. The van der Waals surface area contributed by atoms with Crippen molar-refractivity contribution in [1.82, 2.24) is 4.98 Å². The van der Waals surface area contributed by atoms with Crippen molar-refractivity contribution in [1.29, 1.82) is 0 Å². The standard InChI is InChI=1S/C30H24N2O3/c1-34-24-15-11-22(12-16-24)29-19-27(26-9-5-6-10-28(26)32-29)30(33)31-23-13-17-25(18-14-23)35-20-21-7-3-2-4-8-21/h2-19H,20H2,1H3,(H,31,33). The summed E-state index contributed by atoms with van der Waals surface area (Å²) in [6, 6.07) is 34.5. The lowest BCUT2D eigenvalue weighted by Crippen LogP contribution is -2.13. The highest BCUT2D eigenvalue weighted by Gasteiger charge is 2.14. The predicted octanol–water partition coefficient (Wildman–Crippen LogP) is 6.74. The van der Waals surface area contributed by atoms with Crippen LogP contribution >= 0.6 is 0 Å². The maximum absolute atomic E-state index is 13.3. The molecule has 0 atom stereocenters. The van der Waals surface area contributed by atoms with Gasteiger partial charge < -0.3 is 14.8 Å². The van der Waals surface area contributed by atoms with Crippen LogP contribution < -0.4 is 14.8 Å². The number of carbonyl (C=O) groups is 1. The molecule has 1 N–H and O–H groups in total. The molecule has 0 saturated carbocycles. The van der Waals surface area contributed by atoms with E-state index in [0.29, 0.717) is 17.9 Å². The van der Waals surface area contributed by atoms with Crippen molar-refractivity contribution in [3.63, 3.8) is 0 Å². The number of methoxy groups -OCH3 is 1. The normalized spacial score (nSPS) is 10.7. The fraction of sp³-hybridized carbons (Fsp3) is 0.0667. The van der Waals surface area contributed by atoms with Gasteiger partial charge in [-0.15, -0.1) is 0 Å². The van der Waals surface area contributed by atoms with E-state index in [4.69, 9.17) is 14.5 Å². The molecule has 5 aromatic rings. The van der Waals surface area contributed by atoms with Crippen molar-refractivity contribution in [3.8, 4) is 22.8 Å². The number of anilines is 1. The summed E-state index contributed by atoms with van der Waals surface area (Å²) in [4.78, 5) is 18.1. The Morgan fingerprint density at radius 1 is 0.800 bits per heavy atom. The van der Waals surface area contributed by atoms with Crippen molar-refractivity contribution >= 4 is 22.5 Å². The molecule has 0 bridgehead atoms. The maximum atomic E-state index is 13.3. The minimum Gasteiger partial charge on any atom is -0.497 e. The number of ether oxygens (including phenoxy) is 2. The van der Waals surface area contributed by atoms with Crippen LogP contribution in [0.1, 0.15) is 15.9 Å². The van der Waals surface area contributed by atoms with Crippen LogP contribution in [0.15, 0.2) is 109 Å². The number of hydrogen-bond acceptors (Lipinski definition) is 4. The molecule has 0 spiro atoms. The zero-order valence-electron chi connectivity index (χ0n) is 19.3. The number of nitrogens with zero attached hydrogens (tertiary/aromatic N) is 1. The third-order valence-corrected chi connectivity index (χ3v) is 5.71. The molecule has 5 heteroatoms. The fourth-order valence-electron chi connectivity index (χ4n) is 3.85. The summed E-state index contributed by atoms with van der Waals surface area (Å²) in [5.41, 5.74) is 4.74. The lowest BCUT2D eigenvalue weighted by atomic mass is 10.0. The van der Waals surface area contributed by atoms with Gasteiger partial charge in [0.1, 0.15) is 18.1 Å². The van der Waals surface area contributed by atoms with Crippen molar-refractivity contribution < 1.29 is 14.3 Å². The molecule has 0 saturated heterocycles. The molecule has 0 fully saturated rings. The second-order valence-electron chi connectivity index (χ2n) is 8.05. The van der Waals surface area contributed by atoms with Gasteiger partial charge in [-0.3, -0.25) is 4.79 Å². The van der Waals surface area contributed by atoms with Gasteiger partial charge in [-0.2, -0.15) is 0 Å². The summed E-state index contributed by atoms with van der Waals surface area (Å²) in [5.74, 6) is 1.31. The van der Waals surface area contributed by atoms with E-state index >= 15 is 0 Å². The SMILES string of the molecule is COc1ccc(-c2cc(C(=O)Nc3ccc(OCc4ccccc4)cc3)c3ccccc3n2)cc1. The monoisotopic (exact) mass is 460 g/mol. The van der Waals surface area contributed by atoms with Crippen LogP contribution in [0, 0.1) is 0 Å². The van der Waals surface area contributed by atoms with Gasteiger partial charge in [0, 0.05) is 16.6 Å². The number of amides is 1. The molecule has 0 aliphatic carbocycles. The van der Waals surface area contributed by atoms with E-state index < -0.39 is 0 Å². The van der Waals surface area contributed by atoms with Crippen LogP contribution in [0.4, 0.5) is 5.69 Å². The number of carbonyl (C=O) groups excluding carboxylic acids is 1. The molecule has 35 heavy (non-hydrogen) atoms. The van der Waals surface area contributed by atoms with E-state index in [1.54, 1.807) is 7.11 Å². The quantitative estimate of drug-likeness (QED) is 0.292. The highest BCUT2D eigenvalue weighted by atomic mass is 16.5. The molecule has 4 aromatic carbocycles. The number of nitrogens with one attached hydrogen (secondary N) is 1. The van der Waals surface area contributed by atoms with Gasteiger partial charge in [-0.05, 0) is 66.2 Å². The molecule has 0 aliphatic heterocycles. The van der Waals surface area contributed by atoms with E-state index in [1.165, 1.54) is 0 Å². The topological polar surface area (TPSA) is 60.5 Å². The Balaban J connectivity index is 1.37. The smallest absolute Gasteiger partial charge is 0.256 e. The summed E-state index contributed by atoms with van der Waals surface area (Å²) in [5, 5.41) is 3.80. The second-order valence-corrected chi connectivity index (χ2v) is 8.05. The van der Waals surface area contributed by atoms with Gasteiger partial charge in [-0.25, -0.2) is 4.98 Å². The number of fused-ring (bicyclic) bond motifs is 1. The van der Waals surface area contributed by atoms with Crippen LogP contribution in [0.2, 0.25) is 0 Å². The van der Waals surface area contributed by atoms with Crippen LogP contribution in [0.25, 0.3) is 22.2 Å². The zero-order chi connectivity index (χ0) is 24.0. The molecule has 5 nitrogen and oxygen atoms in total. The van der Waals surface area contributed by atoms with E-state index in [2.05, 4.69) is 5.32 Å². The Labute approximate surface area is 204 Å². The Bertz CT molecular complexity index is 1450. The number of hydrogen-bond donors (Lipinski definition) is 1. The lowest BCUT2D eigenvalue weighted by molar-refractivity contribution is 0.102. The van der Waals surface area contributed by atoms with E-state index in [0.717, 1.165) is 39.2 Å². The average molecular weight is 461 g/mol. The minimum atomic E-state index is -0.198. The van der Waals surface area contributed by atoms with E-state index in [1.807, 2.05) is 109 Å². The number of rotatable bonds is 7. The van der Waals surface area contributed by atoms with Crippen LogP contribution in [0.3, 0.4) is 0 Å². The second kappa shape index (κ2) is 10.1. The van der Waals surface area contributed by atoms with Gasteiger partial charge in [-0.1, -0.05) is 48.5 Å². The highest BCUT2D eigenvalue weighted by molar-refractivity contribution is 6.13. The Morgan fingerprint density at radius 3 is 2.23 bits per heavy atom. The van der Waals surface area contributed by atoms with Crippen LogP contribution in [0.5, 0.6) is 11.5 Å². The first-order chi connectivity index (χ1) is 17.2. The summed E-state index contributed by atoms with van der Waals surface area (Å²) in [6.45, 7) is 0.490. The predicted molar refractivity (Wildman–Crippen MR) is 139 cm³/mol. The molecule has 1 aromatic heterocycles. The van der Waals surface area contributed by atoms with Crippen molar-refractivity contribution in [2.45, 2.75) is 6.61 Å². The minimum absolute atomic E-state index is 0.198. The Hall–Kier alpha value is -4.64. The Kier molecular flexibility index (Phi) is 6.39. The molecule has 5 rings (SSSR count). The lowest BCUT2D eigenvalue weighted by Gasteiger charge is -2.12. The maximum Gasteiger partial charge on any atom is 0.256 e. The van der Waals surface area contributed by atoms with Crippen molar-refractivity contribution in [2.75, 3.05) is 12.4 Å². The molecule has 0 radical (unpaired) electrons. The fourth-order valence-corrected chi connectivity index (χ4v) is 3.85. The Morgan fingerprint density at radius 2 is 1.49 bits per heavy atom. The number of pyridine rings is 1. The number of benzene rings is 4. The third-order valence-electron chi connectivity index (χ3n) is 5.71. The molecule has 172 valence electrons. The zero-order valence-corrected chi connectivity index (χ0v) is 19.3. The number of para-hydroxylation sites is 1. The summed E-state index contributed by atoms with van der Waals surface area (Å²) in [7, 11) is 1.63. The largest absolute Gasteiger partial charge is 0.497 e. The highest BCUT2D eigenvalue weighted by Crippen LogP contribution is 2.27. The van der Waals surface area contributed by atoms with E-state index in [-0.39, 0.29) is 5.91 Å². The molecular weight excluding hydrogens is 436 g/mol. The van der Waals surface area contributed by atoms with E-state index in [9.17, 15) is 4.79 Å². The van der Waals surface area contributed by atoms with Gasteiger partial charge in [0.25, 0.3) is 5.91 Å². The first kappa shape index (κ1) is 22.2. The van der Waals surface area contributed by atoms with Gasteiger partial charge in [0.15, 0.2) is 0 Å². The molecular formula is C30H24N2O3. The first-order valence-electron chi connectivity index (χ1n) is 11.3. The van der Waals surface area contributed by atoms with Gasteiger partial charge in [0.2, 0.25) is 0 Å². The van der Waals surface area contributed by atoms with Gasteiger partial charge in [0.05, 0.1) is 23.9 Å². The number of aromatic nitrogens is 1. The first-order valence-corrected chi connectivity index (χ1v) is 11.3. The van der Waals surface area contributed by atoms with Crippen LogP contribution in [-0.2, 0) is 6.61 Å². The molecule has 1 amide bonds. The summed E-state index contributed by atoms with van der Waals surface area (Å²) < 4.78 is 11.1. The van der Waals surface area contributed by atoms with Crippen molar-refractivity contribution in [3.05, 3.63) is 120 Å².